The minimum atomic E-state index is -0.0118. The summed E-state index contributed by atoms with van der Waals surface area (Å²) in [6.45, 7) is 2.14. The van der Waals surface area contributed by atoms with E-state index < -0.39 is 0 Å². The van der Waals surface area contributed by atoms with E-state index >= 15 is 0 Å². The average molecular weight is 228 g/mol. The Bertz CT molecular complexity index is 313. The van der Waals surface area contributed by atoms with E-state index in [1.54, 1.807) is 0 Å². The predicted molar refractivity (Wildman–Crippen MR) is 61.7 cm³/mol. The van der Waals surface area contributed by atoms with Gasteiger partial charge in [-0.25, -0.2) is 0 Å². The molecule has 84 valence electrons. The molecule has 0 fully saturated rings. The van der Waals surface area contributed by atoms with Crippen LogP contribution in [0.2, 0.25) is 0 Å². The van der Waals surface area contributed by atoms with Gasteiger partial charge in [0.05, 0.1) is 0 Å². The zero-order valence-electron chi connectivity index (χ0n) is 8.82. The molecule has 1 amide bonds. The van der Waals surface area contributed by atoms with E-state index in [0.717, 1.165) is 12.8 Å². The SMILES string of the molecule is CCCCCCC(=O)Nc1nnc(N)s1. The summed E-state index contributed by atoms with van der Waals surface area (Å²) in [5.74, 6) is -0.0118. The maximum atomic E-state index is 11.4. The number of nitrogens with two attached hydrogens (primary N) is 1. The lowest BCUT2D eigenvalue weighted by Gasteiger charge is -2.00. The second-order valence-electron chi connectivity index (χ2n) is 3.30. The summed E-state index contributed by atoms with van der Waals surface area (Å²) < 4.78 is 0. The van der Waals surface area contributed by atoms with Crippen LogP contribution in [-0.2, 0) is 4.79 Å². The van der Waals surface area contributed by atoms with E-state index in [-0.39, 0.29) is 5.91 Å². The van der Waals surface area contributed by atoms with Crippen molar-refractivity contribution in [3.8, 4) is 0 Å². The van der Waals surface area contributed by atoms with Gasteiger partial charge in [0.1, 0.15) is 0 Å². The summed E-state index contributed by atoms with van der Waals surface area (Å²) in [5, 5.41) is 10.8. The molecule has 0 aromatic carbocycles. The van der Waals surface area contributed by atoms with Crippen molar-refractivity contribution in [2.75, 3.05) is 11.1 Å². The number of nitrogens with one attached hydrogen (secondary N) is 1. The van der Waals surface area contributed by atoms with Gasteiger partial charge >= 0.3 is 0 Å². The highest BCUT2D eigenvalue weighted by Crippen LogP contribution is 2.16. The van der Waals surface area contributed by atoms with Gasteiger partial charge in [-0.15, -0.1) is 10.2 Å². The molecule has 0 aliphatic rings. The molecule has 3 N–H and O–H groups in total. The zero-order valence-corrected chi connectivity index (χ0v) is 9.64. The van der Waals surface area contributed by atoms with Gasteiger partial charge in [-0.3, -0.25) is 4.79 Å². The van der Waals surface area contributed by atoms with Crippen LogP contribution in [-0.4, -0.2) is 16.1 Å². The summed E-state index contributed by atoms with van der Waals surface area (Å²) in [7, 11) is 0. The van der Waals surface area contributed by atoms with Gasteiger partial charge < -0.3 is 11.1 Å². The maximum absolute atomic E-state index is 11.4. The van der Waals surface area contributed by atoms with Gasteiger partial charge in [0.25, 0.3) is 0 Å². The third-order valence-electron chi connectivity index (χ3n) is 1.94. The number of nitrogens with zero attached hydrogens (tertiary/aromatic N) is 2. The van der Waals surface area contributed by atoms with Crippen molar-refractivity contribution >= 4 is 27.5 Å². The lowest BCUT2D eigenvalue weighted by molar-refractivity contribution is -0.116. The second-order valence-corrected chi connectivity index (χ2v) is 4.31. The molecule has 1 heterocycles. The van der Waals surface area contributed by atoms with Gasteiger partial charge in [-0.05, 0) is 6.42 Å². The van der Waals surface area contributed by atoms with Crippen molar-refractivity contribution in [1.29, 1.82) is 0 Å². The molecule has 0 aliphatic heterocycles. The highest BCUT2D eigenvalue weighted by Gasteiger charge is 2.05. The Morgan fingerprint density at radius 1 is 1.40 bits per heavy atom. The molecule has 0 bridgehead atoms. The van der Waals surface area contributed by atoms with Gasteiger partial charge in [-0.2, -0.15) is 0 Å². The first-order valence-electron chi connectivity index (χ1n) is 5.11. The van der Waals surface area contributed by atoms with Crippen LogP contribution in [0.25, 0.3) is 0 Å². The first-order valence-corrected chi connectivity index (χ1v) is 5.93. The van der Waals surface area contributed by atoms with Crippen LogP contribution >= 0.6 is 11.3 Å². The van der Waals surface area contributed by atoms with Crippen LogP contribution in [0.15, 0.2) is 0 Å². The van der Waals surface area contributed by atoms with E-state index in [9.17, 15) is 4.79 Å². The molecule has 0 saturated heterocycles. The summed E-state index contributed by atoms with van der Waals surface area (Å²) in [4.78, 5) is 11.4. The van der Waals surface area contributed by atoms with E-state index in [4.69, 9.17) is 5.73 Å². The highest BCUT2D eigenvalue weighted by atomic mass is 32.1. The van der Waals surface area contributed by atoms with Gasteiger partial charge in [0, 0.05) is 6.42 Å². The largest absolute Gasteiger partial charge is 0.374 e. The van der Waals surface area contributed by atoms with Crippen molar-refractivity contribution in [3.63, 3.8) is 0 Å². The van der Waals surface area contributed by atoms with Crippen LogP contribution in [0.3, 0.4) is 0 Å². The van der Waals surface area contributed by atoms with Crippen LogP contribution in [0.4, 0.5) is 10.3 Å². The Balaban J connectivity index is 2.18. The number of amides is 1. The number of carbonyl (C=O) groups excluding carboxylic acids is 1. The van der Waals surface area contributed by atoms with Crippen LogP contribution in [0.5, 0.6) is 0 Å². The number of hydrogen-bond acceptors (Lipinski definition) is 5. The molecule has 1 rings (SSSR count). The average Bonchev–Trinajstić information content (AvgIpc) is 2.59. The van der Waals surface area contributed by atoms with Crippen LogP contribution < -0.4 is 11.1 Å². The summed E-state index contributed by atoms with van der Waals surface area (Å²) >= 11 is 1.18. The Morgan fingerprint density at radius 3 is 2.80 bits per heavy atom. The van der Waals surface area contributed by atoms with Crippen molar-refractivity contribution in [1.82, 2.24) is 10.2 Å². The Kier molecular flexibility index (Phi) is 5.03. The fourth-order valence-corrected chi connectivity index (χ4v) is 1.71. The topological polar surface area (TPSA) is 80.9 Å². The molecule has 0 unspecified atom stereocenters. The first kappa shape index (κ1) is 11.9. The Labute approximate surface area is 93.1 Å². The monoisotopic (exact) mass is 228 g/mol. The number of rotatable bonds is 6. The lowest BCUT2D eigenvalue weighted by Crippen LogP contribution is -2.10. The number of anilines is 2. The lowest BCUT2D eigenvalue weighted by atomic mass is 10.1. The maximum Gasteiger partial charge on any atom is 0.226 e. The van der Waals surface area contributed by atoms with Gasteiger partial charge in [0.2, 0.25) is 16.2 Å². The molecule has 15 heavy (non-hydrogen) atoms. The molecule has 0 spiro atoms. The van der Waals surface area contributed by atoms with E-state index in [0.29, 0.717) is 16.7 Å². The molecule has 6 heteroatoms. The number of carbonyl (C=O) groups is 1. The zero-order chi connectivity index (χ0) is 11.1. The van der Waals surface area contributed by atoms with Crippen molar-refractivity contribution < 1.29 is 4.79 Å². The fraction of sp³-hybridized carbons (Fsp3) is 0.667. The summed E-state index contributed by atoms with van der Waals surface area (Å²) in [6, 6.07) is 0. The molecule has 1 aromatic heterocycles. The van der Waals surface area contributed by atoms with Crippen LogP contribution in [0.1, 0.15) is 39.0 Å². The second kappa shape index (κ2) is 6.34. The fourth-order valence-electron chi connectivity index (χ4n) is 1.18. The van der Waals surface area contributed by atoms with Crippen molar-refractivity contribution in [2.45, 2.75) is 39.0 Å². The van der Waals surface area contributed by atoms with E-state index in [1.165, 1.54) is 24.2 Å². The van der Waals surface area contributed by atoms with Gasteiger partial charge in [-0.1, -0.05) is 37.5 Å². The highest BCUT2D eigenvalue weighted by molar-refractivity contribution is 7.18. The molecule has 0 aliphatic carbocycles. The molecule has 1 aromatic rings. The molecular formula is C9H16N4OS. The normalized spacial score (nSPS) is 10.2. The van der Waals surface area contributed by atoms with E-state index in [2.05, 4.69) is 22.4 Å². The number of hydrogen-bond donors (Lipinski definition) is 2. The summed E-state index contributed by atoms with van der Waals surface area (Å²) in [6.07, 6.45) is 4.92. The minimum Gasteiger partial charge on any atom is -0.374 e. The third-order valence-corrected chi connectivity index (χ3v) is 2.61. The standard InChI is InChI=1S/C9H16N4OS/c1-2-3-4-5-6-7(14)11-9-13-12-8(10)15-9/h2-6H2,1H3,(H2,10,12)(H,11,13,14). The van der Waals surface area contributed by atoms with Gasteiger partial charge in [0.15, 0.2) is 0 Å². The number of nitrogen functional groups attached to an aromatic ring is 1. The van der Waals surface area contributed by atoms with E-state index in [1.807, 2.05) is 0 Å². The molecule has 0 radical (unpaired) electrons. The summed E-state index contributed by atoms with van der Waals surface area (Å²) in [5.41, 5.74) is 5.39. The number of unbranched alkanes of at least 4 members (excludes halogenated alkanes) is 3. The quantitative estimate of drug-likeness (QED) is 0.730. The molecule has 5 nitrogen and oxygen atoms in total. The minimum absolute atomic E-state index is 0.0118. The molecular weight excluding hydrogens is 212 g/mol. The predicted octanol–water partition coefficient (Wildman–Crippen LogP) is 2.03. The Morgan fingerprint density at radius 2 is 2.20 bits per heavy atom. The van der Waals surface area contributed by atoms with Crippen molar-refractivity contribution in [3.05, 3.63) is 0 Å². The van der Waals surface area contributed by atoms with Crippen LogP contribution in [0, 0.1) is 0 Å². The number of aromatic nitrogens is 2. The molecule has 0 saturated carbocycles. The van der Waals surface area contributed by atoms with Crippen molar-refractivity contribution in [2.24, 2.45) is 0 Å². The first-order chi connectivity index (χ1) is 7.22. The third kappa shape index (κ3) is 4.73. The Hall–Kier alpha value is -1.17. The molecule has 0 atom stereocenters. The smallest absolute Gasteiger partial charge is 0.226 e.